The van der Waals surface area contributed by atoms with Gasteiger partial charge in [0.15, 0.2) is 11.5 Å². The van der Waals surface area contributed by atoms with Gasteiger partial charge in [0.1, 0.15) is 18.8 Å². The predicted octanol–water partition coefficient (Wildman–Crippen LogP) is 5.15. The van der Waals surface area contributed by atoms with Crippen LogP contribution in [-0.4, -0.2) is 42.6 Å². The maximum absolute atomic E-state index is 12.8. The molecule has 0 aliphatic rings. The number of hydrogen-bond acceptors (Lipinski definition) is 9. The van der Waals surface area contributed by atoms with Crippen LogP contribution in [0.25, 0.3) is 0 Å². The Kier molecular flexibility index (Phi) is 12.2. The minimum atomic E-state index is -1.03. The highest BCUT2D eigenvalue weighted by Gasteiger charge is 2.32. The van der Waals surface area contributed by atoms with Crippen LogP contribution in [0.1, 0.15) is 94.1 Å². The van der Waals surface area contributed by atoms with E-state index in [1.54, 1.807) is 40.7 Å². The lowest BCUT2D eigenvalue weighted by Crippen LogP contribution is -2.37. The number of rotatable bonds is 13. The summed E-state index contributed by atoms with van der Waals surface area (Å²) in [6.07, 6.45) is 0.753. The van der Waals surface area contributed by atoms with Gasteiger partial charge in [-0.3, -0.25) is 19.2 Å². The highest BCUT2D eigenvalue weighted by Crippen LogP contribution is 2.34. The summed E-state index contributed by atoms with van der Waals surface area (Å²) < 4.78 is 21.8. The van der Waals surface area contributed by atoms with Gasteiger partial charge in [-0.25, -0.2) is 0 Å². The summed E-state index contributed by atoms with van der Waals surface area (Å²) >= 11 is 0. The lowest BCUT2D eigenvalue weighted by molar-refractivity contribution is -0.159. The van der Waals surface area contributed by atoms with Gasteiger partial charge in [0.25, 0.3) is 0 Å². The van der Waals surface area contributed by atoms with Crippen molar-refractivity contribution in [3.63, 3.8) is 0 Å². The first kappa shape index (κ1) is 34.1. The van der Waals surface area contributed by atoms with Crippen LogP contribution in [0.5, 0.6) is 11.5 Å². The second kappa shape index (κ2) is 13.9. The molecule has 2 N–H and O–H groups in total. The van der Waals surface area contributed by atoms with Gasteiger partial charge in [-0.1, -0.05) is 40.7 Å². The number of carbonyl (C=O) groups is 4. The van der Waals surface area contributed by atoms with E-state index in [2.05, 4.69) is 0 Å². The van der Waals surface area contributed by atoms with Crippen LogP contribution in [-0.2, 0) is 35.1 Å². The van der Waals surface area contributed by atoms with Crippen molar-refractivity contribution in [2.45, 2.75) is 107 Å². The summed E-state index contributed by atoms with van der Waals surface area (Å²) in [4.78, 5) is 50.0. The quantitative estimate of drug-likeness (QED) is 0.262. The van der Waals surface area contributed by atoms with Gasteiger partial charge in [-0.15, -0.1) is 0 Å². The number of carbonyl (C=O) groups excluding carboxylic acids is 4. The van der Waals surface area contributed by atoms with Crippen LogP contribution in [0.2, 0.25) is 0 Å². The molecular weight excluding hydrogens is 502 g/mol. The minimum absolute atomic E-state index is 0.0685. The highest BCUT2D eigenvalue weighted by atomic mass is 16.6. The minimum Gasteiger partial charge on any atom is -0.462 e. The first-order valence-corrected chi connectivity index (χ1v) is 13.5. The fraction of sp³-hybridized carbons (Fsp3) is 0.667. The zero-order chi connectivity index (χ0) is 30.2. The molecule has 0 saturated carbocycles. The Hall–Kier alpha value is -2.94. The number of ether oxygens (including phenoxy) is 4. The number of esters is 4. The first-order valence-electron chi connectivity index (χ1n) is 13.5. The molecule has 1 aromatic carbocycles. The molecule has 220 valence electrons. The van der Waals surface area contributed by atoms with E-state index < -0.39 is 40.9 Å². The van der Waals surface area contributed by atoms with Crippen molar-refractivity contribution in [3.05, 3.63) is 23.8 Å². The SMILES string of the molecule is CCC(C)(C)C(=O)Oc1ccc(C[C@H](N)C(=O)O[C@@H](C)COC(=O)CC(C)(C)C)cc1OC(=O)C(C)(C)CC. The number of hydrogen-bond donors (Lipinski definition) is 1. The van der Waals surface area contributed by atoms with Crippen molar-refractivity contribution < 1.29 is 38.1 Å². The molecule has 1 aromatic rings. The highest BCUT2D eigenvalue weighted by molar-refractivity contribution is 5.81. The number of nitrogens with two attached hydrogens (primary N) is 1. The summed E-state index contributed by atoms with van der Waals surface area (Å²) in [6, 6.07) is 3.68. The normalized spacial score (nSPS) is 13.7. The molecule has 9 heteroatoms. The average molecular weight is 550 g/mol. The fourth-order valence-corrected chi connectivity index (χ4v) is 2.96. The smallest absolute Gasteiger partial charge is 0.323 e. The van der Waals surface area contributed by atoms with E-state index in [-0.39, 0.29) is 42.3 Å². The molecule has 1 rings (SSSR count). The van der Waals surface area contributed by atoms with Gasteiger partial charge in [0, 0.05) is 0 Å². The monoisotopic (exact) mass is 549 g/mol. The average Bonchev–Trinajstić information content (AvgIpc) is 2.82. The van der Waals surface area contributed by atoms with Gasteiger partial charge in [-0.05, 0) is 77.0 Å². The standard InChI is InChI=1S/C30H47NO8/c1-11-29(7,8)26(34)38-22-14-13-20(16-23(22)39-27(35)30(9,10)12-2)15-21(31)25(33)37-19(3)18-36-24(32)17-28(4,5)6/h13-14,16,19,21H,11-12,15,17-18,31H2,1-10H3/t19-,21-/m0/s1. The Morgan fingerprint density at radius 3 is 1.85 bits per heavy atom. The van der Waals surface area contributed by atoms with Crippen molar-refractivity contribution in [3.8, 4) is 11.5 Å². The molecule has 0 spiro atoms. The summed E-state index contributed by atoms with van der Waals surface area (Å²) in [7, 11) is 0. The largest absolute Gasteiger partial charge is 0.462 e. The van der Waals surface area contributed by atoms with Gasteiger partial charge in [0.05, 0.1) is 17.3 Å². The Bertz CT molecular complexity index is 1020. The topological polar surface area (TPSA) is 131 Å². The van der Waals surface area contributed by atoms with Crippen molar-refractivity contribution in [2.24, 2.45) is 22.0 Å². The molecule has 0 fully saturated rings. The Morgan fingerprint density at radius 1 is 0.846 bits per heavy atom. The van der Waals surface area contributed by atoms with Crippen LogP contribution < -0.4 is 15.2 Å². The molecule has 0 aromatic heterocycles. The van der Waals surface area contributed by atoms with Gasteiger partial charge < -0.3 is 24.7 Å². The molecule has 0 radical (unpaired) electrons. The molecule has 0 heterocycles. The number of benzene rings is 1. The summed E-state index contributed by atoms with van der Waals surface area (Å²) in [5.74, 6) is -1.80. The molecule has 2 atom stereocenters. The Morgan fingerprint density at radius 2 is 1.36 bits per heavy atom. The lowest BCUT2D eigenvalue weighted by Gasteiger charge is -2.23. The van der Waals surface area contributed by atoms with E-state index in [4.69, 9.17) is 24.7 Å². The maximum atomic E-state index is 12.8. The molecule has 0 amide bonds. The zero-order valence-electron chi connectivity index (χ0n) is 25.3. The van der Waals surface area contributed by atoms with E-state index in [1.165, 1.54) is 12.1 Å². The molecule has 9 nitrogen and oxygen atoms in total. The third-order valence-electron chi connectivity index (χ3n) is 6.52. The van der Waals surface area contributed by atoms with E-state index in [1.807, 2.05) is 34.6 Å². The third kappa shape index (κ3) is 11.4. The fourth-order valence-electron chi connectivity index (χ4n) is 2.96. The maximum Gasteiger partial charge on any atom is 0.323 e. The first-order chi connectivity index (χ1) is 17.8. The van der Waals surface area contributed by atoms with Crippen molar-refractivity contribution in [2.75, 3.05) is 6.61 Å². The zero-order valence-corrected chi connectivity index (χ0v) is 25.3. The van der Waals surface area contributed by atoms with Gasteiger partial charge in [-0.2, -0.15) is 0 Å². The van der Waals surface area contributed by atoms with Gasteiger partial charge >= 0.3 is 23.9 Å². The van der Waals surface area contributed by atoms with Crippen molar-refractivity contribution in [1.29, 1.82) is 0 Å². The predicted molar refractivity (Wildman–Crippen MR) is 148 cm³/mol. The Labute approximate surface area is 233 Å². The molecule has 0 aliphatic heterocycles. The van der Waals surface area contributed by atoms with Crippen LogP contribution in [0.4, 0.5) is 0 Å². The summed E-state index contributed by atoms with van der Waals surface area (Å²) in [6.45, 7) is 18.1. The summed E-state index contributed by atoms with van der Waals surface area (Å²) in [5, 5.41) is 0. The van der Waals surface area contributed by atoms with E-state index >= 15 is 0 Å². The molecule has 0 aliphatic carbocycles. The van der Waals surface area contributed by atoms with Crippen molar-refractivity contribution in [1.82, 2.24) is 0 Å². The van der Waals surface area contributed by atoms with E-state index in [9.17, 15) is 19.2 Å². The summed E-state index contributed by atoms with van der Waals surface area (Å²) in [5.41, 5.74) is 4.98. The Balaban J connectivity index is 2.99. The lowest BCUT2D eigenvalue weighted by atomic mass is 9.90. The van der Waals surface area contributed by atoms with Crippen LogP contribution in [0.15, 0.2) is 18.2 Å². The van der Waals surface area contributed by atoms with Crippen LogP contribution in [0.3, 0.4) is 0 Å². The molecule has 0 unspecified atom stereocenters. The second-order valence-corrected chi connectivity index (χ2v) is 12.5. The van der Waals surface area contributed by atoms with Crippen LogP contribution >= 0.6 is 0 Å². The van der Waals surface area contributed by atoms with E-state index in [0.717, 1.165) is 0 Å². The molecule has 0 saturated heterocycles. The molecule has 0 bridgehead atoms. The van der Waals surface area contributed by atoms with Crippen molar-refractivity contribution >= 4 is 23.9 Å². The second-order valence-electron chi connectivity index (χ2n) is 12.5. The van der Waals surface area contributed by atoms with Crippen LogP contribution in [0, 0.1) is 16.2 Å². The molecule has 39 heavy (non-hydrogen) atoms. The van der Waals surface area contributed by atoms with E-state index in [0.29, 0.717) is 18.4 Å². The van der Waals surface area contributed by atoms with Gasteiger partial charge in [0.2, 0.25) is 0 Å². The third-order valence-corrected chi connectivity index (χ3v) is 6.52. The molecular formula is C30H47NO8.